The Morgan fingerprint density at radius 1 is 1.17 bits per heavy atom. The highest BCUT2D eigenvalue weighted by Gasteiger charge is 2.22. The van der Waals surface area contributed by atoms with Crippen molar-refractivity contribution >= 4 is 16.7 Å². The van der Waals surface area contributed by atoms with E-state index in [1.165, 1.54) is 35.8 Å². The Morgan fingerprint density at radius 3 is 2.76 bits per heavy atom. The number of methoxy groups -OCH3 is 1. The van der Waals surface area contributed by atoms with Crippen LogP contribution in [0.25, 0.3) is 10.9 Å². The Balaban J connectivity index is 1.41. The summed E-state index contributed by atoms with van der Waals surface area (Å²) in [4.78, 5) is 4.85. The zero-order valence-electron chi connectivity index (χ0n) is 17.8. The van der Waals surface area contributed by atoms with E-state index in [1.807, 2.05) is 23.9 Å². The van der Waals surface area contributed by atoms with E-state index in [2.05, 4.69) is 47.9 Å². The van der Waals surface area contributed by atoms with Gasteiger partial charge in [-0.25, -0.2) is 4.98 Å². The van der Waals surface area contributed by atoms with Crippen LogP contribution in [0.1, 0.15) is 42.5 Å². The molecule has 0 unspecified atom stereocenters. The Kier molecular flexibility index (Phi) is 5.72. The first-order valence-electron chi connectivity index (χ1n) is 10.5. The van der Waals surface area contributed by atoms with Crippen LogP contribution >= 0.6 is 0 Å². The highest BCUT2D eigenvalue weighted by Crippen LogP contribution is 2.27. The summed E-state index contributed by atoms with van der Waals surface area (Å²) in [7, 11) is 3.67. The molecular weight excluding hydrogens is 362 g/mol. The Hall–Kier alpha value is -2.60. The molecule has 0 radical (unpaired) electrons. The fourth-order valence-electron chi connectivity index (χ4n) is 4.38. The lowest BCUT2D eigenvalue weighted by molar-refractivity contribution is 0.350. The van der Waals surface area contributed by atoms with Gasteiger partial charge in [0, 0.05) is 48.9 Å². The molecule has 1 aliphatic carbocycles. The van der Waals surface area contributed by atoms with Crippen molar-refractivity contribution in [3.8, 4) is 5.75 Å². The van der Waals surface area contributed by atoms with E-state index in [1.54, 1.807) is 7.11 Å². The fourth-order valence-corrected chi connectivity index (χ4v) is 4.38. The highest BCUT2D eigenvalue weighted by molar-refractivity contribution is 5.85. The van der Waals surface area contributed by atoms with Gasteiger partial charge in [-0.3, -0.25) is 4.68 Å². The van der Waals surface area contributed by atoms with Crippen LogP contribution in [0.4, 0.5) is 5.82 Å². The van der Waals surface area contributed by atoms with Crippen molar-refractivity contribution in [2.45, 2.75) is 58.2 Å². The van der Waals surface area contributed by atoms with Gasteiger partial charge in [0.15, 0.2) is 0 Å². The quantitative estimate of drug-likeness (QED) is 0.660. The molecule has 1 aromatic carbocycles. The van der Waals surface area contributed by atoms with E-state index < -0.39 is 0 Å². The zero-order chi connectivity index (χ0) is 20.4. The van der Waals surface area contributed by atoms with Crippen LogP contribution in [-0.2, 0) is 13.6 Å². The van der Waals surface area contributed by atoms with Crippen LogP contribution in [0.3, 0.4) is 0 Å². The molecule has 2 aromatic heterocycles. The van der Waals surface area contributed by atoms with Crippen LogP contribution in [0, 0.1) is 13.8 Å². The second-order valence-electron chi connectivity index (χ2n) is 8.21. The third-order valence-corrected chi connectivity index (χ3v) is 5.95. The lowest BCUT2D eigenvalue weighted by atomic mass is 9.90. The molecule has 29 heavy (non-hydrogen) atoms. The number of nitrogens with one attached hydrogen (secondary N) is 2. The summed E-state index contributed by atoms with van der Waals surface area (Å²) in [5.74, 6) is 1.80. The van der Waals surface area contributed by atoms with Crippen molar-refractivity contribution in [3.05, 3.63) is 47.3 Å². The molecule has 1 aliphatic rings. The van der Waals surface area contributed by atoms with Crippen LogP contribution in [0.2, 0.25) is 0 Å². The van der Waals surface area contributed by atoms with Crippen molar-refractivity contribution in [2.75, 3.05) is 12.4 Å². The van der Waals surface area contributed by atoms with Gasteiger partial charge in [0.25, 0.3) is 0 Å². The molecule has 0 spiro atoms. The predicted octanol–water partition coefficient (Wildman–Crippen LogP) is 4.11. The van der Waals surface area contributed by atoms with Crippen molar-refractivity contribution in [1.29, 1.82) is 0 Å². The zero-order valence-corrected chi connectivity index (χ0v) is 17.8. The first kappa shape index (κ1) is 19.7. The Bertz CT molecular complexity index is 996. The second-order valence-corrected chi connectivity index (χ2v) is 8.21. The lowest BCUT2D eigenvalue weighted by Crippen LogP contribution is -2.38. The van der Waals surface area contributed by atoms with Crippen molar-refractivity contribution in [2.24, 2.45) is 7.05 Å². The number of aryl methyl sites for hydroxylation is 3. The number of benzene rings is 1. The molecule has 6 nitrogen and oxygen atoms in total. The van der Waals surface area contributed by atoms with Gasteiger partial charge in [-0.15, -0.1) is 0 Å². The summed E-state index contributed by atoms with van der Waals surface area (Å²) in [6, 6.07) is 9.20. The molecule has 6 heteroatoms. The van der Waals surface area contributed by atoms with Crippen LogP contribution in [0.5, 0.6) is 5.75 Å². The number of hydrogen-bond donors (Lipinski definition) is 2. The molecule has 3 aromatic rings. The first-order valence-corrected chi connectivity index (χ1v) is 10.5. The van der Waals surface area contributed by atoms with E-state index >= 15 is 0 Å². The summed E-state index contributed by atoms with van der Waals surface area (Å²) in [6.45, 7) is 5.10. The van der Waals surface area contributed by atoms with Gasteiger partial charge in [0.2, 0.25) is 0 Å². The number of ether oxygens (including phenoxy) is 1. The summed E-state index contributed by atoms with van der Waals surface area (Å²) in [5, 5.41) is 13.0. The summed E-state index contributed by atoms with van der Waals surface area (Å²) >= 11 is 0. The van der Waals surface area contributed by atoms with Gasteiger partial charge in [-0.05, 0) is 63.3 Å². The van der Waals surface area contributed by atoms with Gasteiger partial charge in [0.1, 0.15) is 11.6 Å². The van der Waals surface area contributed by atoms with E-state index in [0.29, 0.717) is 12.1 Å². The summed E-state index contributed by atoms with van der Waals surface area (Å²) in [5.41, 5.74) is 4.60. The molecule has 2 atom stereocenters. The lowest BCUT2D eigenvalue weighted by Gasteiger charge is -2.31. The maximum Gasteiger partial charge on any atom is 0.127 e. The Morgan fingerprint density at radius 2 is 2.00 bits per heavy atom. The molecule has 4 rings (SSSR count). The van der Waals surface area contributed by atoms with Crippen LogP contribution in [-0.4, -0.2) is 34.0 Å². The standard InChI is InChI=1S/C23H31N5O/c1-15-10-23(26-22-12-20(29-4)8-9-21(15)22)25-19-7-5-6-18(11-19)24-13-17-14-28(3)27-16(17)2/h8-10,12,14,18-19,24H,5-7,11,13H2,1-4H3,(H,25,26)/t18-,19-/m0/s1. The minimum atomic E-state index is 0.436. The van der Waals surface area contributed by atoms with E-state index in [9.17, 15) is 0 Å². The normalized spacial score (nSPS) is 19.4. The second kappa shape index (κ2) is 8.41. The maximum atomic E-state index is 5.36. The number of nitrogens with zero attached hydrogens (tertiary/aromatic N) is 3. The predicted molar refractivity (Wildman–Crippen MR) is 117 cm³/mol. The van der Waals surface area contributed by atoms with Gasteiger partial charge >= 0.3 is 0 Å². The third-order valence-electron chi connectivity index (χ3n) is 5.95. The fraction of sp³-hybridized carbons (Fsp3) is 0.478. The number of rotatable bonds is 6. The van der Waals surface area contributed by atoms with E-state index in [4.69, 9.17) is 9.72 Å². The molecular formula is C23H31N5O. The van der Waals surface area contributed by atoms with Crippen molar-refractivity contribution in [1.82, 2.24) is 20.1 Å². The molecule has 2 heterocycles. The molecule has 0 aliphatic heterocycles. The first-order chi connectivity index (χ1) is 14.0. The number of fused-ring (bicyclic) bond motifs is 1. The summed E-state index contributed by atoms with van der Waals surface area (Å²) in [6.07, 6.45) is 6.84. The van der Waals surface area contributed by atoms with Gasteiger partial charge in [-0.1, -0.05) is 0 Å². The molecule has 1 saturated carbocycles. The monoisotopic (exact) mass is 393 g/mol. The minimum absolute atomic E-state index is 0.436. The van der Waals surface area contributed by atoms with Crippen LogP contribution in [0.15, 0.2) is 30.5 Å². The van der Waals surface area contributed by atoms with Gasteiger partial charge < -0.3 is 15.4 Å². The SMILES string of the molecule is COc1ccc2c(C)cc(N[C@H]3CCC[C@H](NCc4cn(C)nc4C)C3)nc2c1. The largest absolute Gasteiger partial charge is 0.497 e. The minimum Gasteiger partial charge on any atom is -0.497 e. The van der Waals surface area contributed by atoms with Crippen LogP contribution < -0.4 is 15.4 Å². The van der Waals surface area contributed by atoms with Gasteiger partial charge in [0.05, 0.1) is 18.3 Å². The van der Waals surface area contributed by atoms with E-state index in [-0.39, 0.29) is 0 Å². The molecule has 154 valence electrons. The topological polar surface area (TPSA) is 64.0 Å². The van der Waals surface area contributed by atoms with E-state index in [0.717, 1.165) is 35.7 Å². The molecule has 0 saturated heterocycles. The number of aromatic nitrogens is 3. The average Bonchev–Trinajstić information content (AvgIpc) is 3.03. The third kappa shape index (κ3) is 4.53. The number of pyridine rings is 1. The smallest absolute Gasteiger partial charge is 0.127 e. The molecule has 0 amide bonds. The molecule has 1 fully saturated rings. The average molecular weight is 394 g/mol. The number of hydrogen-bond acceptors (Lipinski definition) is 5. The van der Waals surface area contributed by atoms with Crippen molar-refractivity contribution < 1.29 is 4.74 Å². The molecule has 2 N–H and O–H groups in total. The molecule has 0 bridgehead atoms. The number of anilines is 1. The summed E-state index contributed by atoms with van der Waals surface area (Å²) < 4.78 is 7.25. The maximum absolute atomic E-state index is 5.36. The van der Waals surface area contributed by atoms with Gasteiger partial charge in [-0.2, -0.15) is 5.10 Å². The highest BCUT2D eigenvalue weighted by atomic mass is 16.5. The Labute approximate surface area is 172 Å². The van der Waals surface area contributed by atoms with Crippen molar-refractivity contribution in [3.63, 3.8) is 0 Å².